The van der Waals surface area contributed by atoms with Gasteiger partial charge in [0.25, 0.3) is 0 Å². The molecule has 96 valence electrons. The molecule has 1 aromatic carbocycles. The number of aromatic carboxylic acids is 1. The minimum Gasteiger partial charge on any atom is -0.478 e. The summed E-state index contributed by atoms with van der Waals surface area (Å²) in [5.41, 5.74) is 9.82. The van der Waals surface area contributed by atoms with Crippen molar-refractivity contribution in [2.45, 2.75) is 39.0 Å². The molecule has 3 nitrogen and oxygen atoms in total. The summed E-state index contributed by atoms with van der Waals surface area (Å²) in [6.45, 7) is 3.82. The molecule has 18 heavy (non-hydrogen) atoms. The molecule has 0 spiro atoms. The predicted octanol–water partition coefficient (Wildman–Crippen LogP) is 2.90. The van der Waals surface area contributed by atoms with Crippen molar-refractivity contribution in [2.24, 2.45) is 5.73 Å². The van der Waals surface area contributed by atoms with Crippen LogP contribution in [0.3, 0.4) is 0 Å². The van der Waals surface area contributed by atoms with Gasteiger partial charge in [0, 0.05) is 5.56 Å². The van der Waals surface area contributed by atoms with Gasteiger partial charge in [-0.25, -0.2) is 4.79 Å². The van der Waals surface area contributed by atoms with E-state index in [-0.39, 0.29) is 0 Å². The molecule has 0 bridgehead atoms. The molecular weight excluding hydrogens is 246 g/mol. The minimum absolute atomic E-state index is 0.294. The maximum atomic E-state index is 11.2. The van der Waals surface area contributed by atoms with Crippen LogP contribution in [-0.2, 0) is 0 Å². The van der Waals surface area contributed by atoms with E-state index < -0.39 is 5.97 Å². The van der Waals surface area contributed by atoms with Gasteiger partial charge in [-0.1, -0.05) is 18.6 Å². The van der Waals surface area contributed by atoms with E-state index in [2.05, 4.69) is 0 Å². The van der Waals surface area contributed by atoms with Crippen LogP contribution < -0.4 is 5.73 Å². The fourth-order valence-corrected chi connectivity index (χ4v) is 2.75. The Kier molecular flexibility index (Phi) is 3.39. The zero-order valence-corrected chi connectivity index (χ0v) is 11.4. The number of carboxylic acids is 1. The van der Waals surface area contributed by atoms with Gasteiger partial charge in [0.2, 0.25) is 0 Å². The van der Waals surface area contributed by atoms with Crippen molar-refractivity contribution in [1.82, 2.24) is 0 Å². The third-order valence-electron chi connectivity index (χ3n) is 3.96. The SMILES string of the molecule is Cc1c(C(=O)O)cc(C(N)=S)c(C2CCC2)c1C. The van der Waals surface area contributed by atoms with E-state index in [9.17, 15) is 9.90 Å². The fraction of sp³-hybridized carbons (Fsp3) is 0.429. The van der Waals surface area contributed by atoms with Gasteiger partial charge in [-0.2, -0.15) is 0 Å². The number of nitrogens with two attached hydrogens (primary N) is 1. The van der Waals surface area contributed by atoms with Crippen LogP contribution in [0.2, 0.25) is 0 Å². The van der Waals surface area contributed by atoms with Gasteiger partial charge in [0.1, 0.15) is 4.99 Å². The first-order valence-electron chi connectivity index (χ1n) is 6.10. The maximum absolute atomic E-state index is 11.2. The highest BCUT2D eigenvalue weighted by molar-refractivity contribution is 7.80. The molecular formula is C14H17NO2S. The molecule has 1 aromatic rings. The Morgan fingerprint density at radius 3 is 2.33 bits per heavy atom. The van der Waals surface area contributed by atoms with Crippen molar-refractivity contribution >= 4 is 23.2 Å². The molecule has 0 unspecified atom stereocenters. The van der Waals surface area contributed by atoms with Gasteiger partial charge in [-0.3, -0.25) is 0 Å². The van der Waals surface area contributed by atoms with Crippen molar-refractivity contribution < 1.29 is 9.90 Å². The fourth-order valence-electron chi connectivity index (χ4n) is 2.59. The summed E-state index contributed by atoms with van der Waals surface area (Å²) in [4.78, 5) is 11.5. The number of benzene rings is 1. The molecule has 4 heteroatoms. The Balaban J connectivity index is 2.67. The third-order valence-corrected chi connectivity index (χ3v) is 4.18. The van der Waals surface area contributed by atoms with Gasteiger partial charge in [0.05, 0.1) is 5.56 Å². The number of hydrogen-bond donors (Lipinski definition) is 2. The zero-order chi connectivity index (χ0) is 13.4. The Morgan fingerprint density at radius 2 is 1.94 bits per heavy atom. The minimum atomic E-state index is -0.923. The van der Waals surface area contributed by atoms with E-state index >= 15 is 0 Å². The molecule has 2 rings (SSSR count). The normalized spacial score (nSPS) is 15.2. The zero-order valence-electron chi connectivity index (χ0n) is 10.6. The first-order valence-corrected chi connectivity index (χ1v) is 6.51. The van der Waals surface area contributed by atoms with Crippen LogP contribution in [-0.4, -0.2) is 16.1 Å². The second-order valence-electron chi connectivity index (χ2n) is 4.93. The number of carboxylic acid groups (broad SMARTS) is 1. The summed E-state index contributed by atoms with van der Waals surface area (Å²) in [6, 6.07) is 1.64. The highest BCUT2D eigenvalue weighted by atomic mass is 32.1. The quantitative estimate of drug-likeness (QED) is 0.823. The Bertz CT molecular complexity index is 533. The first kappa shape index (κ1) is 13.0. The van der Waals surface area contributed by atoms with Crippen LogP contribution in [0.4, 0.5) is 0 Å². The van der Waals surface area contributed by atoms with Crippen molar-refractivity contribution in [1.29, 1.82) is 0 Å². The van der Waals surface area contributed by atoms with Gasteiger partial charge < -0.3 is 10.8 Å². The lowest BCUT2D eigenvalue weighted by atomic mass is 9.75. The van der Waals surface area contributed by atoms with Crippen LogP contribution in [0.1, 0.15) is 57.8 Å². The molecule has 0 aliphatic heterocycles. The lowest BCUT2D eigenvalue weighted by molar-refractivity contribution is 0.0696. The van der Waals surface area contributed by atoms with Gasteiger partial charge in [-0.05, 0) is 55.4 Å². The van der Waals surface area contributed by atoms with E-state index in [4.69, 9.17) is 18.0 Å². The lowest BCUT2D eigenvalue weighted by Crippen LogP contribution is -2.21. The lowest BCUT2D eigenvalue weighted by Gasteiger charge is -2.30. The molecule has 0 amide bonds. The number of carbonyl (C=O) groups is 1. The van der Waals surface area contributed by atoms with Gasteiger partial charge in [0.15, 0.2) is 0 Å². The van der Waals surface area contributed by atoms with E-state index in [0.717, 1.165) is 35.1 Å². The highest BCUT2D eigenvalue weighted by Gasteiger charge is 2.27. The average Bonchev–Trinajstić information content (AvgIpc) is 2.21. The van der Waals surface area contributed by atoms with Crippen LogP contribution in [0.5, 0.6) is 0 Å². The Hall–Kier alpha value is -1.42. The van der Waals surface area contributed by atoms with E-state index in [1.165, 1.54) is 6.42 Å². The number of thiocarbonyl (C=S) groups is 1. The summed E-state index contributed by atoms with van der Waals surface area (Å²) < 4.78 is 0. The summed E-state index contributed by atoms with van der Waals surface area (Å²) >= 11 is 5.07. The van der Waals surface area contributed by atoms with Crippen LogP contribution in [0.15, 0.2) is 6.07 Å². The van der Waals surface area contributed by atoms with Crippen molar-refractivity contribution in [3.63, 3.8) is 0 Å². The van der Waals surface area contributed by atoms with Crippen molar-refractivity contribution in [2.75, 3.05) is 0 Å². The molecule has 0 heterocycles. The van der Waals surface area contributed by atoms with Gasteiger partial charge in [-0.15, -0.1) is 0 Å². The standard InChI is InChI=1S/C14H17NO2S/c1-7-8(2)12(9-4-3-5-9)11(13(15)18)6-10(7)14(16)17/h6,9H,3-5H2,1-2H3,(H2,15,18)(H,16,17). The Morgan fingerprint density at radius 1 is 1.33 bits per heavy atom. The molecule has 1 aliphatic rings. The highest BCUT2D eigenvalue weighted by Crippen LogP contribution is 2.41. The van der Waals surface area contributed by atoms with Crippen molar-refractivity contribution in [3.05, 3.63) is 33.9 Å². The Labute approximate surface area is 112 Å². The van der Waals surface area contributed by atoms with Crippen molar-refractivity contribution in [3.8, 4) is 0 Å². The molecule has 1 aliphatic carbocycles. The number of hydrogen-bond acceptors (Lipinski definition) is 2. The van der Waals surface area contributed by atoms with E-state index in [1.54, 1.807) is 6.07 Å². The van der Waals surface area contributed by atoms with E-state index in [1.807, 2.05) is 13.8 Å². The maximum Gasteiger partial charge on any atom is 0.335 e. The predicted molar refractivity (Wildman–Crippen MR) is 75.4 cm³/mol. The number of rotatable bonds is 3. The summed E-state index contributed by atoms with van der Waals surface area (Å²) in [6.07, 6.45) is 3.51. The second kappa shape index (κ2) is 4.69. The topological polar surface area (TPSA) is 63.3 Å². The monoisotopic (exact) mass is 263 g/mol. The molecule has 0 saturated heterocycles. The van der Waals surface area contributed by atoms with E-state index in [0.29, 0.717) is 16.5 Å². The molecule has 0 aromatic heterocycles. The molecule has 0 atom stereocenters. The summed E-state index contributed by atoms with van der Waals surface area (Å²) in [7, 11) is 0. The third kappa shape index (κ3) is 2.01. The molecule has 1 fully saturated rings. The van der Waals surface area contributed by atoms with Crippen LogP contribution in [0, 0.1) is 13.8 Å². The summed E-state index contributed by atoms with van der Waals surface area (Å²) in [5, 5.41) is 9.21. The first-order chi connectivity index (χ1) is 8.43. The van der Waals surface area contributed by atoms with Crippen LogP contribution in [0.25, 0.3) is 0 Å². The average molecular weight is 263 g/mol. The molecule has 3 N–H and O–H groups in total. The largest absolute Gasteiger partial charge is 0.478 e. The second-order valence-corrected chi connectivity index (χ2v) is 5.37. The van der Waals surface area contributed by atoms with Crippen LogP contribution >= 0.6 is 12.2 Å². The molecule has 1 saturated carbocycles. The smallest absolute Gasteiger partial charge is 0.335 e. The molecule has 0 radical (unpaired) electrons. The summed E-state index contributed by atoms with van der Waals surface area (Å²) in [5.74, 6) is -0.434. The van der Waals surface area contributed by atoms with Gasteiger partial charge >= 0.3 is 5.97 Å².